The molecule has 2 heterocycles. The summed E-state index contributed by atoms with van der Waals surface area (Å²) >= 11 is 7.02. The van der Waals surface area contributed by atoms with E-state index in [0.717, 1.165) is 0 Å². The molecular weight excluding hydrogens is 303 g/mol. The molecule has 106 valence electrons. The van der Waals surface area contributed by atoms with E-state index in [1.165, 1.54) is 17.4 Å². The molecule has 4 nitrogen and oxygen atoms in total. The summed E-state index contributed by atoms with van der Waals surface area (Å²) in [6.07, 6.45) is 1.41. The van der Waals surface area contributed by atoms with E-state index in [1.807, 2.05) is 0 Å². The molecule has 1 aromatic heterocycles. The van der Waals surface area contributed by atoms with Crippen LogP contribution in [-0.4, -0.2) is 24.1 Å². The number of hydrogen-bond donors (Lipinski definition) is 1. The van der Waals surface area contributed by atoms with Crippen molar-refractivity contribution in [2.75, 3.05) is 18.5 Å². The summed E-state index contributed by atoms with van der Waals surface area (Å²) < 4.78 is 19.5. The molecule has 1 fully saturated rings. The molecule has 0 aliphatic carbocycles. The minimum Gasteiger partial charge on any atom is -0.381 e. The van der Waals surface area contributed by atoms with Gasteiger partial charge in [-0.3, -0.25) is 4.79 Å². The van der Waals surface area contributed by atoms with Crippen LogP contribution >= 0.6 is 22.9 Å². The Balaban J connectivity index is 1.80. The van der Waals surface area contributed by atoms with Crippen LogP contribution in [0.5, 0.6) is 0 Å². The third-order valence-corrected chi connectivity index (χ3v) is 4.37. The number of nitrogens with zero attached hydrogens (tertiary/aromatic N) is 1. The first-order chi connectivity index (χ1) is 9.63. The van der Waals surface area contributed by atoms with Crippen LogP contribution in [0.4, 0.5) is 9.52 Å². The standard InChI is InChI=1S/C13H12ClFN2O2S/c14-8-5-9(15)11-10(6-8)20-13(16-11)17-12(18)7-1-3-19-4-2-7/h5-7H,1-4H2,(H,16,17,18). The Hall–Kier alpha value is -1.24. The fourth-order valence-electron chi connectivity index (χ4n) is 2.18. The van der Waals surface area contributed by atoms with Crippen molar-refractivity contribution >= 4 is 44.2 Å². The van der Waals surface area contributed by atoms with Crippen molar-refractivity contribution in [3.8, 4) is 0 Å². The Morgan fingerprint density at radius 1 is 1.45 bits per heavy atom. The Morgan fingerprint density at radius 2 is 2.20 bits per heavy atom. The molecule has 0 radical (unpaired) electrons. The second kappa shape index (κ2) is 5.63. The van der Waals surface area contributed by atoms with E-state index in [2.05, 4.69) is 10.3 Å². The summed E-state index contributed by atoms with van der Waals surface area (Å²) in [7, 11) is 0. The molecule has 2 aromatic rings. The molecule has 1 N–H and O–H groups in total. The highest BCUT2D eigenvalue weighted by atomic mass is 35.5. The number of amides is 1. The predicted molar refractivity (Wildman–Crippen MR) is 76.8 cm³/mol. The zero-order valence-electron chi connectivity index (χ0n) is 10.5. The number of anilines is 1. The van der Waals surface area contributed by atoms with Gasteiger partial charge in [0.1, 0.15) is 5.52 Å². The second-order valence-electron chi connectivity index (χ2n) is 4.63. The summed E-state index contributed by atoms with van der Waals surface area (Å²) in [5.74, 6) is -0.627. The van der Waals surface area contributed by atoms with Crippen LogP contribution in [0.15, 0.2) is 12.1 Å². The van der Waals surface area contributed by atoms with Gasteiger partial charge in [0.25, 0.3) is 0 Å². The van der Waals surface area contributed by atoms with Gasteiger partial charge in [0.05, 0.1) is 4.70 Å². The molecule has 3 rings (SSSR count). The quantitative estimate of drug-likeness (QED) is 0.923. The topological polar surface area (TPSA) is 51.2 Å². The molecular formula is C13H12ClFN2O2S. The predicted octanol–water partition coefficient (Wildman–Crippen LogP) is 3.45. The number of benzene rings is 1. The molecule has 0 bridgehead atoms. The van der Waals surface area contributed by atoms with Gasteiger partial charge in [-0.15, -0.1) is 0 Å². The molecule has 20 heavy (non-hydrogen) atoms. The molecule has 7 heteroatoms. The first-order valence-electron chi connectivity index (χ1n) is 6.27. The fourth-order valence-corrected chi connectivity index (χ4v) is 3.37. The Bertz CT molecular complexity index is 655. The first-order valence-corrected chi connectivity index (χ1v) is 7.47. The molecule has 0 atom stereocenters. The van der Waals surface area contributed by atoms with E-state index in [0.29, 0.717) is 40.9 Å². The van der Waals surface area contributed by atoms with E-state index in [4.69, 9.17) is 16.3 Å². The van der Waals surface area contributed by atoms with Crippen molar-refractivity contribution in [1.29, 1.82) is 0 Å². The molecule has 1 aliphatic rings. The van der Waals surface area contributed by atoms with Crippen LogP contribution in [-0.2, 0) is 9.53 Å². The lowest BCUT2D eigenvalue weighted by Crippen LogP contribution is -2.28. The van der Waals surface area contributed by atoms with E-state index >= 15 is 0 Å². The highest BCUT2D eigenvalue weighted by molar-refractivity contribution is 7.22. The minimum absolute atomic E-state index is 0.0656. The van der Waals surface area contributed by atoms with Crippen molar-refractivity contribution in [2.45, 2.75) is 12.8 Å². The SMILES string of the molecule is O=C(Nc1nc2c(F)cc(Cl)cc2s1)C1CCOCC1. The highest BCUT2D eigenvalue weighted by Crippen LogP contribution is 2.31. The number of rotatable bonds is 2. The Kier molecular flexibility index (Phi) is 3.87. The van der Waals surface area contributed by atoms with Gasteiger partial charge in [-0.2, -0.15) is 0 Å². The number of hydrogen-bond acceptors (Lipinski definition) is 4. The average molecular weight is 315 g/mol. The summed E-state index contributed by atoms with van der Waals surface area (Å²) in [6, 6.07) is 2.86. The maximum absolute atomic E-state index is 13.7. The lowest BCUT2D eigenvalue weighted by atomic mass is 10.00. The number of nitrogens with one attached hydrogen (secondary N) is 1. The largest absolute Gasteiger partial charge is 0.381 e. The number of aromatic nitrogens is 1. The van der Waals surface area contributed by atoms with Gasteiger partial charge in [0.2, 0.25) is 5.91 Å². The minimum atomic E-state index is -0.477. The van der Waals surface area contributed by atoms with Gasteiger partial charge in [-0.25, -0.2) is 9.37 Å². The number of fused-ring (bicyclic) bond motifs is 1. The molecule has 1 amide bonds. The van der Waals surface area contributed by atoms with Crippen LogP contribution in [0.3, 0.4) is 0 Å². The summed E-state index contributed by atoms with van der Waals surface area (Å²) in [5.41, 5.74) is 0.238. The second-order valence-corrected chi connectivity index (χ2v) is 6.10. The molecule has 0 unspecified atom stereocenters. The molecule has 1 aromatic carbocycles. The van der Waals surface area contributed by atoms with Crippen LogP contribution in [0.2, 0.25) is 5.02 Å². The van der Waals surface area contributed by atoms with E-state index in [1.54, 1.807) is 6.07 Å². The van der Waals surface area contributed by atoms with Gasteiger partial charge in [0.15, 0.2) is 10.9 Å². The van der Waals surface area contributed by atoms with Crippen molar-refractivity contribution in [3.63, 3.8) is 0 Å². The summed E-state index contributed by atoms with van der Waals surface area (Å²) in [5, 5.41) is 3.47. The van der Waals surface area contributed by atoms with E-state index < -0.39 is 5.82 Å². The van der Waals surface area contributed by atoms with Gasteiger partial charge < -0.3 is 10.1 Å². The maximum atomic E-state index is 13.7. The number of ether oxygens (including phenoxy) is 1. The Labute approximate surface area is 123 Å². The van der Waals surface area contributed by atoms with Crippen LogP contribution in [0.25, 0.3) is 10.2 Å². The lowest BCUT2D eigenvalue weighted by Gasteiger charge is -2.20. The normalized spacial score (nSPS) is 16.5. The number of halogens is 2. The van der Waals surface area contributed by atoms with Crippen molar-refractivity contribution in [1.82, 2.24) is 4.98 Å². The summed E-state index contributed by atoms with van der Waals surface area (Å²) in [6.45, 7) is 1.20. The van der Waals surface area contributed by atoms with Crippen molar-refractivity contribution in [3.05, 3.63) is 23.0 Å². The van der Waals surface area contributed by atoms with E-state index in [9.17, 15) is 9.18 Å². The fraction of sp³-hybridized carbons (Fsp3) is 0.385. The average Bonchev–Trinajstić information content (AvgIpc) is 2.82. The smallest absolute Gasteiger partial charge is 0.229 e. The van der Waals surface area contributed by atoms with Gasteiger partial charge >= 0.3 is 0 Å². The molecule has 0 saturated carbocycles. The lowest BCUT2D eigenvalue weighted by molar-refractivity contribution is -0.122. The number of carbonyl (C=O) groups is 1. The monoisotopic (exact) mass is 314 g/mol. The van der Waals surface area contributed by atoms with Crippen LogP contribution in [0.1, 0.15) is 12.8 Å². The third-order valence-electron chi connectivity index (χ3n) is 3.24. The first kappa shape index (κ1) is 13.7. The highest BCUT2D eigenvalue weighted by Gasteiger charge is 2.22. The van der Waals surface area contributed by atoms with Gasteiger partial charge in [-0.05, 0) is 25.0 Å². The maximum Gasteiger partial charge on any atom is 0.229 e. The third kappa shape index (κ3) is 2.77. The van der Waals surface area contributed by atoms with Gasteiger partial charge in [0, 0.05) is 24.2 Å². The zero-order valence-corrected chi connectivity index (χ0v) is 12.1. The zero-order chi connectivity index (χ0) is 14.1. The molecule has 1 aliphatic heterocycles. The number of carbonyl (C=O) groups excluding carboxylic acids is 1. The van der Waals surface area contributed by atoms with E-state index in [-0.39, 0.29) is 17.3 Å². The van der Waals surface area contributed by atoms with Crippen molar-refractivity contribution < 1.29 is 13.9 Å². The number of thiazole rings is 1. The summed E-state index contributed by atoms with van der Waals surface area (Å²) in [4.78, 5) is 16.2. The van der Waals surface area contributed by atoms with Gasteiger partial charge in [-0.1, -0.05) is 22.9 Å². The molecule has 1 saturated heterocycles. The Morgan fingerprint density at radius 3 is 2.95 bits per heavy atom. The molecule has 0 spiro atoms. The van der Waals surface area contributed by atoms with Crippen LogP contribution < -0.4 is 5.32 Å². The van der Waals surface area contributed by atoms with Crippen LogP contribution in [0, 0.1) is 11.7 Å². The van der Waals surface area contributed by atoms with Crippen molar-refractivity contribution in [2.24, 2.45) is 5.92 Å².